The molecular weight excluding hydrogens is 198 g/mol. The van der Waals surface area contributed by atoms with Gasteiger partial charge in [-0.1, -0.05) is 19.9 Å². The van der Waals surface area contributed by atoms with Crippen LogP contribution in [-0.4, -0.2) is 15.9 Å². The molecular formula is C13H17N3. The maximum Gasteiger partial charge on any atom is 0.136 e. The van der Waals surface area contributed by atoms with E-state index in [1.165, 1.54) is 5.69 Å². The fraction of sp³-hybridized carbons (Fsp3) is 0.462. The van der Waals surface area contributed by atoms with Gasteiger partial charge >= 0.3 is 0 Å². The third-order valence-corrected chi connectivity index (χ3v) is 4.17. The number of nitrogens with two attached hydrogens (primary N) is 1. The molecule has 1 unspecified atom stereocenters. The van der Waals surface area contributed by atoms with E-state index in [0.29, 0.717) is 12.0 Å². The standard InChI is InChI=1S/C13H17N3/c1-12(2)8-13(12,9-14)10-7-15-11-5-3-4-6-16(10)11/h3-7H,8-9,14H2,1-2H3. The lowest BCUT2D eigenvalue weighted by Gasteiger charge is -2.18. The average Bonchev–Trinajstić information content (AvgIpc) is 2.67. The Morgan fingerprint density at radius 3 is 2.81 bits per heavy atom. The Balaban J connectivity index is 2.20. The number of rotatable bonds is 2. The summed E-state index contributed by atoms with van der Waals surface area (Å²) in [6.45, 7) is 5.26. The number of hydrogen-bond acceptors (Lipinski definition) is 2. The Bertz CT molecular complexity index is 541. The second-order valence-corrected chi connectivity index (χ2v) is 5.42. The van der Waals surface area contributed by atoms with Gasteiger partial charge in [-0.05, 0) is 24.0 Å². The second-order valence-electron chi connectivity index (χ2n) is 5.42. The summed E-state index contributed by atoms with van der Waals surface area (Å²) in [7, 11) is 0. The molecule has 0 bridgehead atoms. The summed E-state index contributed by atoms with van der Waals surface area (Å²) in [4.78, 5) is 4.45. The molecule has 1 aliphatic rings. The molecule has 0 amide bonds. The van der Waals surface area contributed by atoms with Gasteiger partial charge in [-0.2, -0.15) is 0 Å². The second kappa shape index (κ2) is 2.86. The molecule has 16 heavy (non-hydrogen) atoms. The normalized spacial score (nSPS) is 27.2. The van der Waals surface area contributed by atoms with Gasteiger partial charge in [0, 0.05) is 24.4 Å². The largest absolute Gasteiger partial charge is 0.330 e. The summed E-state index contributed by atoms with van der Waals surface area (Å²) in [6, 6.07) is 6.08. The zero-order valence-corrected chi connectivity index (χ0v) is 9.77. The zero-order valence-electron chi connectivity index (χ0n) is 9.77. The van der Waals surface area contributed by atoms with Crippen LogP contribution in [0.5, 0.6) is 0 Å². The van der Waals surface area contributed by atoms with E-state index in [2.05, 4.69) is 29.4 Å². The van der Waals surface area contributed by atoms with Crippen molar-refractivity contribution in [3.63, 3.8) is 0 Å². The number of pyridine rings is 1. The van der Waals surface area contributed by atoms with E-state index in [9.17, 15) is 0 Å². The van der Waals surface area contributed by atoms with Crippen LogP contribution < -0.4 is 5.73 Å². The third-order valence-electron chi connectivity index (χ3n) is 4.17. The van der Waals surface area contributed by atoms with Gasteiger partial charge in [-0.3, -0.25) is 0 Å². The van der Waals surface area contributed by atoms with E-state index < -0.39 is 0 Å². The predicted molar refractivity (Wildman–Crippen MR) is 64.3 cm³/mol. The molecule has 2 aromatic rings. The van der Waals surface area contributed by atoms with Crippen LogP contribution in [-0.2, 0) is 5.41 Å². The maximum absolute atomic E-state index is 5.99. The van der Waals surface area contributed by atoms with Crippen LogP contribution in [0, 0.1) is 5.41 Å². The van der Waals surface area contributed by atoms with Crippen molar-refractivity contribution in [2.45, 2.75) is 25.7 Å². The molecule has 2 N–H and O–H groups in total. The average molecular weight is 215 g/mol. The van der Waals surface area contributed by atoms with Crippen LogP contribution in [0.1, 0.15) is 26.0 Å². The molecule has 2 heterocycles. The maximum atomic E-state index is 5.99. The lowest BCUT2D eigenvalue weighted by molar-refractivity contribution is 0.490. The van der Waals surface area contributed by atoms with Crippen LogP contribution in [0.3, 0.4) is 0 Å². The molecule has 3 nitrogen and oxygen atoms in total. The molecule has 0 spiro atoms. The highest BCUT2D eigenvalue weighted by atomic mass is 15.0. The molecule has 3 heteroatoms. The topological polar surface area (TPSA) is 43.3 Å². The van der Waals surface area contributed by atoms with E-state index in [1.54, 1.807) is 0 Å². The summed E-state index contributed by atoms with van der Waals surface area (Å²) in [5, 5.41) is 0. The predicted octanol–water partition coefficient (Wildman–Crippen LogP) is 1.96. The van der Waals surface area contributed by atoms with Gasteiger partial charge in [-0.15, -0.1) is 0 Å². The minimum Gasteiger partial charge on any atom is -0.330 e. The van der Waals surface area contributed by atoms with E-state index in [0.717, 1.165) is 12.1 Å². The lowest BCUT2D eigenvalue weighted by Crippen LogP contribution is -2.26. The van der Waals surface area contributed by atoms with E-state index in [4.69, 9.17) is 5.73 Å². The van der Waals surface area contributed by atoms with E-state index >= 15 is 0 Å². The minimum absolute atomic E-state index is 0.119. The first-order valence-electron chi connectivity index (χ1n) is 5.73. The first-order chi connectivity index (χ1) is 7.61. The molecule has 84 valence electrons. The highest BCUT2D eigenvalue weighted by Crippen LogP contribution is 2.63. The third kappa shape index (κ3) is 1.04. The van der Waals surface area contributed by atoms with Crippen LogP contribution in [0.4, 0.5) is 0 Å². The van der Waals surface area contributed by atoms with Gasteiger partial charge in [0.15, 0.2) is 0 Å². The quantitative estimate of drug-likeness (QED) is 0.832. The fourth-order valence-corrected chi connectivity index (χ4v) is 2.89. The van der Waals surface area contributed by atoms with Gasteiger partial charge in [0.2, 0.25) is 0 Å². The number of fused-ring (bicyclic) bond motifs is 1. The molecule has 3 rings (SSSR count). The van der Waals surface area contributed by atoms with Crippen molar-refractivity contribution < 1.29 is 0 Å². The van der Waals surface area contributed by atoms with Crippen molar-refractivity contribution in [1.82, 2.24) is 9.38 Å². The zero-order chi connectivity index (χ0) is 11.4. The van der Waals surface area contributed by atoms with E-state index in [-0.39, 0.29) is 5.41 Å². The Morgan fingerprint density at radius 1 is 1.44 bits per heavy atom. The highest BCUT2D eigenvalue weighted by molar-refractivity contribution is 5.45. The molecule has 0 aromatic carbocycles. The van der Waals surface area contributed by atoms with Crippen molar-refractivity contribution in [1.29, 1.82) is 0 Å². The molecule has 0 radical (unpaired) electrons. The number of hydrogen-bond donors (Lipinski definition) is 1. The van der Waals surface area contributed by atoms with Crippen molar-refractivity contribution in [2.75, 3.05) is 6.54 Å². The Labute approximate surface area is 95.3 Å². The van der Waals surface area contributed by atoms with Crippen LogP contribution >= 0.6 is 0 Å². The molecule has 1 fully saturated rings. The number of aromatic nitrogens is 2. The van der Waals surface area contributed by atoms with Crippen molar-refractivity contribution in [3.05, 3.63) is 36.3 Å². The molecule has 1 atom stereocenters. The molecule has 1 aliphatic carbocycles. The molecule has 1 saturated carbocycles. The van der Waals surface area contributed by atoms with Crippen LogP contribution in [0.2, 0.25) is 0 Å². The molecule has 0 aliphatic heterocycles. The SMILES string of the molecule is CC1(C)CC1(CN)c1cnc2ccccn12. The summed E-state index contributed by atoms with van der Waals surface area (Å²) in [6.07, 6.45) is 5.21. The van der Waals surface area contributed by atoms with Gasteiger partial charge in [0.05, 0.1) is 5.69 Å². The Kier molecular flexibility index (Phi) is 1.76. The number of nitrogens with zero attached hydrogens (tertiary/aromatic N) is 2. The minimum atomic E-state index is 0.119. The highest BCUT2D eigenvalue weighted by Gasteiger charge is 2.62. The van der Waals surface area contributed by atoms with Crippen molar-refractivity contribution in [3.8, 4) is 0 Å². The van der Waals surface area contributed by atoms with Crippen LogP contribution in [0.15, 0.2) is 30.6 Å². The summed E-state index contributed by atoms with van der Waals surface area (Å²) >= 11 is 0. The Morgan fingerprint density at radius 2 is 2.19 bits per heavy atom. The van der Waals surface area contributed by atoms with Gasteiger partial charge in [0.1, 0.15) is 5.65 Å². The summed E-state index contributed by atoms with van der Waals surface area (Å²) in [5.41, 5.74) is 8.67. The molecule has 2 aromatic heterocycles. The van der Waals surface area contributed by atoms with Crippen LogP contribution in [0.25, 0.3) is 5.65 Å². The van der Waals surface area contributed by atoms with Gasteiger partial charge in [0.25, 0.3) is 0 Å². The van der Waals surface area contributed by atoms with Gasteiger partial charge < -0.3 is 10.1 Å². The first-order valence-corrected chi connectivity index (χ1v) is 5.73. The fourth-order valence-electron chi connectivity index (χ4n) is 2.89. The smallest absolute Gasteiger partial charge is 0.136 e. The number of imidazole rings is 1. The lowest BCUT2D eigenvalue weighted by atomic mass is 9.93. The first kappa shape index (κ1) is 9.85. The summed E-state index contributed by atoms with van der Waals surface area (Å²) < 4.78 is 2.17. The Hall–Kier alpha value is -1.35. The summed E-state index contributed by atoms with van der Waals surface area (Å²) in [5.74, 6) is 0. The van der Waals surface area contributed by atoms with Crippen molar-refractivity contribution >= 4 is 5.65 Å². The monoisotopic (exact) mass is 215 g/mol. The van der Waals surface area contributed by atoms with E-state index in [1.807, 2.05) is 24.4 Å². The molecule has 0 saturated heterocycles. The van der Waals surface area contributed by atoms with Gasteiger partial charge in [-0.25, -0.2) is 4.98 Å². The van der Waals surface area contributed by atoms with Crippen molar-refractivity contribution in [2.24, 2.45) is 11.1 Å².